The molecule has 16 heavy (non-hydrogen) atoms. The highest BCUT2D eigenvalue weighted by atomic mass is 16.5. The average Bonchev–Trinajstić information content (AvgIpc) is 2.66. The van der Waals surface area contributed by atoms with Crippen LogP contribution in [0.3, 0.4) is 0 Å². The van der Waals surface area contributed by atoms with Gasteiger partial charge in [-0.05, 0) is 45.7 Å². The molecule has 0 spiro atoms. The van der Waals surface area contributed by atoms with Crippen molar-refractivity contribution in [3.05, 3.63) is 10.4 Å². The molecule has 0 unspecified atom stereocenters. The van der Waals surface area contributed by atoms with E-state index < -0.39 is 0 Å². The molecule has 0 aliphatic carbocycles. The van der Waals surface area contributed by atoms with Gasteiger partial charge in [0.15, 0.2) is 0 Å². The maximum atomic E-state index is 9.60. The molecule has 0 aromatic rings. The minimum absolute atomic E-state index is 0.318. The zero-order valence-corrected chi connectivity index (χ0v) is 10.1. The third-order valence-electron chi connectivity index (χ3n) is 1.93. The van der Waals surface area contributed by atoms with Crippen LogP contribution in [0.5, 0.6) is 0 Å². The highest BCUT2D eigenvalue weighted by Gasteiger charge is 2.11. The number of hydrogen-bond donors (Lipinski definition) is 1. The van der Waals surface area contributed by atoms with Gasteiger partial charge in [-0.1, -0.05) is 5.11 Å². The summed E-state index contributed by atoms with van der Waals surface area (Å²) in [4.78, 5) is 12.3. The van der Waals surface area contributed by atoms with E-state index in [-0.39, 0.29) is 5.60 Å². The Bertz CT molecular complexity index is 238. The van der Waals surface area contributed by atoms with Crippen molar-refractivity contribution in [2.45, 2.75) is 45.3 Å². The number of azide groups is 1. The minimum Gasteiger partial charge on any atom is -0.462 e. The molecule has 1 saturated heterocycles. The second-order valence-electron chi connectivity index (χ2n) is 4.53. The van der Waals surface area contributed by atoms with E-state index in [2.05, 4.69) is 20.1 Å². The first-order chi connectivity index (χ1) is 7.49. The van der Waals surface area contributed by atoms with Crippen molar-refractivity contribution in [3.8, 4) is 0 Å². The maximum Gasteiger partial charge on any atom is 0.293 e. The first kappa shape index (κ1) is 14.7. The number of hydrogen-bond acceptors (Lipinski definition) is 4. The molecular weight excluding hydrogens is 208 g/mol. The van der Waals surface area contributed by atoms with Crippen LogP contribution in [0, 0.1) is 0 Å². The fraction of sp³-hybridized carbons (Fsp3) is 0.900. The standard InChI is InChI=1S/C5H10N4.C5H10O2/c6-9-8-4-5-2-1-3-7-5;1-5(2,3)7-4-6/h5,7H,1-4H2;4H,1-3H3/t5-;/m0./s1. The number of rotatable bonds is 3. The van der Waals surface area contributed by atoms with E-state index in [1.54, 1.807) is 0 Å². The molecule has 92 valence electrons. The molecule has 1 N–H and O–H groups in total. The van der Waals surface area contributed by atoms with Crippen molar-refractivity contribution in [3.63, 3.8) is 0 Å². The van der Waals surface area contributed by atoms with Gasteiger partial charge >= 0.3 is 0 Å². The summed E-state index contributed by atoms with van der Waals surface area (Å²) < 4.78 is 4.55. The summed E-state index contributed by atoms with van der Waals surface area (Å²) in [5, 5.41) is 6.70. The molecule has 1 heterocycles. The Hall–Kier alpha value is -1.26. The van der Waals surface area contributed by atoms with Crippen molar-refractivity contribution < 1.29 is 9.53 Å². The Morgan fingerprint density at radius 1 is 1.62 bits per heavy atom. The molecule has 0 radical (unpaired) electrons. The first-order valence-electron chi connectivity index (χ1n) is 5.35. The highest BCUT2D eigenvalue weighted by molar-refractivity contribution is 5.37. The van der Waals surface area contributed by atoms with E-state index in [1.165, 1.54) is 6.42 Å². The molecule has 0 aromatic heterocycles. The summed E-state index contributed by atoms with van der Waals surface area (Å²) in [5.74, 6) is 0. The van der Waals surface area contributed by atoms with E-state index >= 15 is 0 Å². The van der Waals surface area contributed by atoms with Crippen molar-refractivity contribution in [1.82, 2.24) is 5.32 Å². The maximum absolute atomic E-state index is 9.60. The Labute approximate surface area is 96.0 Å². The van der Waals surface area contributed by atoms with Gasteiger partial charge in [0.2, 0.25) is 0 Å². The van der Waals surface area contributed by atoms with Crippen molar-refractivity contribution in [2.24, 2.45) is 5.11 Å². The lowest BCUT2D eigenvalue weighted by Crippen LogP contribution is -2.23. The topological polar surface area (TPSA) is 87.1 Å². The van der Waals surface area contributed by atoms with Crippen LogP contribution in [-0.2, 0) is 9.53 Å². The number of carbonyl (C=O) groups is 1. The van der Waals surface area contributed by atoms with Gasteiger partial charge in [-0.25, -0.2) is 0 Å². The molecule has 6 heteroatoms. The van der Waals surface area contributed by atoms with Crippen LogP contribution >= 0.6 is 0 Å². The number of carbonyl (C=O) groups excluding carboxylic acids is 1. The van der Waals surface area contributed by atoms with E-state index in [9.17, 15) is 4.79 Å². The van der Waals surface area contributed by atoms with Crippen molar-refractivity contribution in [2.75, 3.05) is 13.1 Å². The van der Waals surface area contributed by atoms with E-state index in [0.717, 1.165) is 13.0 Å². The smallest absolute Gasteiger partial charge is 0.293 e. The average molecular weight is 228 g/mol. The summed E-state index contributed by atoms with van der Waals surface area (Å²) in [6, 6.07) is 0.445. The van der Waals surface area contributed by atoms with Crippen LogP contribution in [0.15, 0.2) is 5.11 Å². The van der Waals surface area contributed by atoms with Gasteiger partial charge in [-0.2, -0.15) is 0 Å². The summed E-state index contributed by atoms with van der Waals surface area (Å²) in [7, 11) is 0. The molecule has 1 rings (SSSR count). The van der Waals surface area contributed by atoms with Gasteiger partial charge in [-0.3, -0.25) is 4.79 Å². The zero-order valence-electron chi connectivity index (χ0n) is 10.1. The van der Waals surface area contributed by atoms with Crippen LogP contribution in [0.25, 0.3) is 10.4 Å². The minimum atomic E-state index is -0.318. The lowest BCUT2D eigenvalue weighted by molar-refractivity contribution is -0.138. The molecule has 0 saturated carbocycles. The predicted octanol–water partition coefficient (Wildman–Crippen LogP) is 2.01. The molecule has 1 atom stereocenters. The zero-order chi connectivity index (χ0) is 12.4. The summed E-state index contributed by atoms with van der Waals surface area (Å²) in [6.45, 7) is 7.60. The Morgan fingerprint density at radius 3 is 2.62 bits per heavy atom. The van der Waals surface area contributed by atoms with Crippen LogP contribution in [0.4, 0.5) is 0 Å². The van der Waals surface area contributed by atoms with Crippen LogP contribution in [-0.4, -0.2) is 31.2 Å². The van der Waals surface area contributed by atoms with Crippen LogP contribution < -0.4 is 5.32 Å². The quantitative estimate of drug-likeness (QED) is 0.347. The highest BCUT2D eigenvalue weighted by Crippen LogP contribution is 2.04. The Kier molecular flexibility index (Phi) is 7.33. The summed E-state index contributed by atoms with van der Waals surface area (Å²) in [6.07, 6.45) is 2.37. The monoisotopic (exact) mass is 228 g/mol. The second-order valence-corrected chi connectivity index (χ2v) is 4.53. The second kappa shape index (κ2) is 7.96. The van der Waals surface area contributed by atoms with E-state index in [4.69, 9.17) is 5.53 Å². The van der Waals surface area contributed by atoms with Crippen LogP contribution in [0.1, 0.15) is 33.6 Å². The number of nitrogens with one attached hydrogen (secondary N) is 1. The van der Waals surface area contributed by atoms with Gasteiger partial charge in [0.25, 0.3) is 6.47 Å². The summed E-state index contributed by atoms with van der Waals surface area (Å²) >= 11 is 0. The largest absolute Gasteiger partial charge is 0.462 e. The molecular formula is C10H20N4O2. The molecule has 0 aromatic carbocycles. The van der Waals surface area contributed by atoms with Gasteiger partial charge in [0.1, 0.15) is 5.60 Å². The van der Waals surface area contributed by atoms with Crippen molar-refractivity contribution in [1.29, 1.82) is 0 Å². The Balaban J connectivity index is 0.000000293. The SMILES string of the molecule is CC(C)(C)OC=O.[N-]=[N+]=NC[C@@H]1CCCN1. The third-order valence-corrected chi connectivity index (χ3v) is 1.93. The van der Waals surface area contributed by atoms with Crippen molar-refractivity contribution >= 4 is 6.47 Å². The molecule has 0 amide bonds. The van der Waals surface area contributed by atoms with Gasteiger partial charge in [0.05, 0.1) is 0 Å². The van der Waals surface area contributed by atoms with E-state index in [0.29, 0.717) is 19.1 Å². The molecule has 1 fully saturated rings. The van der Waals surface area contributed by atoms with Gasteiger partial charge < -0.3 is 10.1 Å². The molecule has 0 bridgehead atoms. The third kappa shape index (κ3) is 9.30. The lowest BCUT2D eigenvalue weighted by atomic mass is 10.2. The molecule has 1 aliphatic rings. The molecule has 1 aliphatic heterocycles. The normalized spacial score (nSPS) is 19.1. The summed E-state index contributed by atoms with van der Waals surface area (Å²) in [5.41, 5.74) is 7.64. The first-order valence-corrected chi connectivity index (χ1v) is 5.35. The van der Waals surface area contributed by atoms with Crippen LogP contribution in [0.2, 0.25) is 0 Å². The fourth-order valence-electron chi connectivity index (χ4n) is 1.19. The van der Waals surface area contributed by atoms with Gasteiger partial charge in [0, 0.05) is 17.5 Å². The number of ether oxygens (including phenoxy) is 1. The lowest BCUT2D eigenvalue weighted by Gasteiger charge is -2.14. The predicted molar refractivity (Wildman–Crippen MR) is 61.9 cm³/mol. The number of nitrogens with zero attached hydrogens (tertiary/aromatic N) is 3. The molecule has 6 nitrogen and oxygen atoms in total. The Morgan fingerprint density at radius 2 is 2.31 bits per heavy atom. The fourth-order valence-corrected chi connectivity index (χ4v) is 1.19. The van der Waals surface area contributed by atoms with Gasteiger partial charge in [-0.15, -0.1) is 0 Å². The van der Waals surface area contributed by atoms with E-state index in [1.807, 2.05) is 20.8 Å².